The lowest BCUT2D eigenvalue weighted by Crippen LogP contribution is -2.44. The molecule has 1 fully saturated rings. The first kappa shape index (κ1) is 26.1. The van der Waals surface area contributed by atoms with Crippen molar-refractivity contribution in [3.8, 4) is 5.75 Å². The molecule has 0 saturated carbocycles. The number of halogens is 1. The number of fused-ring (bicyclic) bond motifs is 1. The van der Waals surface area contributed by atoms with Gasteiger partial charge in [0.05, 0.1) is 32.1 Å². The van der Waals surface area contributed by atoms with E-state index in [4.69, 9.17) is 18.9 Å². The van der Waals surface area contributed by atoms with Gasteiger partial charge in [-0.1, -0.05) is 20.8 Å². The van der Waals surface area contributed by atoms with Crippen LogP contribution in [0.4, 0.5) is 10.2 Å². The predicted molar refractivity (Wildman–Crippen MR) is 139 cm³/mol. The van der Waals surface area contributed by atoms with Crippen LogP contribution in [0.2, 0.25) is 18.1 Å². The van der Waals surface area contributed by atoms with E-state index in [1.165, 1.54) is 18.3 Å². The molecule has 1 aliphatic rings. The number of benzene rings is 1. The van der Waals surface area contributed by atoms with Gasteiger partial charge in [0.1, 0.15) is 22.9 Å². The number of hydrogen-bond donors (Lipinski definition) is 0. The van der Waals surface area contributed by atoms with Gasteiger partial charge in [-0.2, -0.15) is 5.10 Å². The lowest BCUT2D eigenvalue weighted by molar-refractivity contribution is 0.0528. The van der Waals surface area contributed by atoms with E-state index in [9.17, 15) is 9.18 Å². The van der Waals surface area contributed by atoms with Crippen molar-refractivity contribution in [3.05, 3.63) is 53.6 Å². The van der Waals surface area contributed by atoms with Crippen molar-refractivity contribution in [1.29, 1.82) is 0 Å². The molecule has 0 radical (unpaired) electrons. The summed E-state index contributed by atoms with van der Waals surface area (Å²) < 4.78 is 33.5. The SMILES string of the molecule is CCOC(=O)c1cnn2ccc(N3C[C@H](O[Si](C)(C)C(C)(C)C)CC3c3cc(F)ccc3OC)nc12. The third-order valence-corrected chi connectivity index (χ3v) is 11.8. The molecule has 0 spiro atoms. The zero-order chi connectivity index (χ0) is 26.3. The second-order valence-corrected chi connectivity index (χ2v) is 15.4. The summed E-state index contributed by atoms with van der Waals surface area (Å²) in [6.07, 6.45) is 3.81. The number of carbonyl (C=O) groups is 1. The van der Waals surface area contributed by atoms with Gasteiger partial charge in [-0.25, -0.2) is 18.7 Å². The fraction of sp³-hybridized carbons (Fsp3) is 0.500. The van der Waals surface area contributed by atoms with Crippen LogP contribution in [0.15, 0.2) is 36.7 Å². The molecule has 1 aromatic carbocycles. The molecular formula is C26H35FN4O4Si. The molecule has 8 nitrogen and oxygen atoms in total. The van der Waals surface area contributed by atoms with Crippen LogP contribution in [0.25, 0.3) is 5.65 Å². The minimum absolute atomic E-state index is 0.0514. The van der Waals surface area contributed by atoms with Crippen LogP contribution >= 0.6 is 0 Å². The number of esters is 1. The number of rotatable bonds is 7. The molecule has 10 heteroatoms. The maximum absolute atomic E-state index is 14.4. The van der Waals surface area contributed by atoms with Gasteiger partial charge in [-0.3, -0.25) is 0 Å². The Hall–Kier alpha value is -2.98. The molecule has 194 valence electrons. The average molecular weight is 515 g/mol. The summed E-state index contributed by atoms with van der Waals surface area (Å²) in [6.45, 7) is 13.7. The Bertz CT molecular complexity index is 1260. The number of methoxy groups -OCH3 is 1. The number of ether oxygens (including phenoxy) is 2. The zero-order valence-corrected chi connectivity index (χ0v) is 23.0. The summed E-state index contributed by atoms with van der Waals surface area (Å²) in [5.41, 5.74) is 1.44. The number of anilines is 1. The maximum Gasteiger partial charge on any atom is 0.343 e. The van der Waals surface area contributed by atoms with Crippen LogP contribution in [0.5, 0.6) is 5.75 Å². The van der Waals surface area contributed by atoms with E-state index in [2.05, 4.69) is 43.9 Å². The molecule has 1 saturated heterocycles. The lowest BCUT2D eigenvalue weighted by Gasteiger charge is -2.38. The Morgan fingerprint density at radius 3 is 2.67 bits per heavy atom. The molecular weight excluding hydrogens is 479 g/mol. The first-order valence-corrected chi connectivity index (χ1v) is 15.2. The van der Waals surface area contributed by atoms with Crippen LogP contribution in [-0.2, 0) is 9.16 Å². The predicted octanol–water partition coefficient (Wildman–Crippen LogP) is 5.40. The Kier molecular flexibility index (Phi) is 7.11. The van der Waals surface area contributed by atoms with Crippen molar-refractivity contribution in [1.82, 2.24) is 14.6 Å². The van der Waals surface area contributed by atoms with Crippen molar-refractivity contribution in [3.63, 3.8) is 0 Å². The van der Waals surface area contributed by atoms with Crippen LogP contribution in [-0.4, -0.2) is 55.3 Å². The Morgan fingerprint density at radius 2 is 2.00 bits per heavy atom. The van der Waals surface area contributed by atoms with Gasteiger partial charge in [-0.05, 0) is 55.7 Å². The molecule has 3 aromatic rings. The van der Waals surface area contributed by atoms with Crippen molar-refractivity contribution in [2.24, 2.45) is 0 Å². The normalized spacial score (nSPS) is 18.6. The Morgan fingerprint density at radius 1 is 1.25 bits per heavy atom. The molecule has 4 rings (SSSR count). The summed E-state index contributed by atoms with van der Waals surface area (Å²) in [4.78, 5) is 19.4. The monoisotopic (exact) mass is 514 g/mol. The standard InChI is InChI=1S/C26H35FN4O4Si/c1-8-34-25(32)20-15-28-31-12-11-23(29-24(20)31)30-16-18(35-36(6,7)26(2,3)4)14-21(30)19-13-17(27)9-10-22(19)33-5/h9-13,15,18,21H,8,14,16H2,1-7H3/t18-,21?/m1/s1. The molecule has 0 N–H and O–H groups in total. The highest BCUT2D eigenvalue weighted by Crippen LogP contribution is 2.44. The van der Waals surface area contributed by atoms with Crippen LogP contribution in [0.1, 0.15) is 56.1 Å². The Labute approximate surface area is 212 Å². The minimum Gasteiger partial charge on any atom is -0.496 e. The summed E-state index contributed by atoms with van der Waals surface area (Å²) in [6, 6.07) is 6.19. The van der Waals surface area contributed by atoms with Gasteiger partial charge < -0.3 is 18.8 Å². The largest absolute Gasteiger partial charge is 0.496 e. The molecule has 0 bridgehead atoms. The molecule has 36 heavy (non-hydrogen) atoms. The summed E-state index contributed by atoms with van der Waals surface area (Å²) in [5, 5.41) is 4.29. The van der Waals surface area contributed by atoms with Crippen molar-refractivity contribution in [2.45, 2.75) is 64.4 Å². The lowest BCUT2D eigenvalue weighted by atomic mass is 10.0. The minimum atomic E-state index is -2.06. The molecule has 1 unspecified atom stereocenters. The molecule has 3 heterocycles. The molecule has 2 atom stereocenters. The first-order valence-electron chi connectivity index (χ1n) is 12.2. The van der Waals surface area contributed by atoms with E-state index in [0.29, 0.717) is 35.7 Å². The quantitative estimate of drug-likeness (QED) is 0.309. The number of hydrogen-bond acceptors (Lipinski definition) is 7. The molecule has 1 aliphatic heterocycles. The van der Waals surface area contributed by atoms with E-state index >= 15 is 0 Å². The zero-order valence-electron chi connectivity index (χ0n) is 22.0. The van der Waals surface area contributed by atoms with Gasteiger partial charge in [0.15, 0.2) is 14.0 Å². The van der Waals surface area contributed by atoms with Gasteiger partial charge in [0.25, 0.3) is 0 Å². The number of aromatic nitrogens is 3. The smallest absolute Gasteiger partial charge is 0.343 e. The average Bonchev–Trinajstić information content (AvgIpc) is 3.42. The highest BCUT2D eigenvalue weighted by molar-refractivity contribution is 6.74. The van der Waals surface area contributed by atoms with Crippen LogP contribution < -0.4 is 9.64 Å². The first-order chi connectivity index (χ1) is 16.9. The maximum atomic E-state index is 14.4. The van der Waals surface area contributed by atoms with E-state index in [1.54, 1.807) is 30.8 Å². The fourth-order valence-electron chi connectivity index (χ4n) is 4.36. The van der Waals surface area contributed by atoms with Crippen molar-refractivity contribution >= 4 is 25.8 Å². The van der Waals surface area contributed by atoms with Gasteiger partial charge >= 0.3 is 5.97 Å². The van der Waals surface area contributed by atoms with Gasteiger partial charge in [0, 0.05) is 18.3 Å². The van der Waals surface area contributed by atoms with Crippen LogP contribution in [0, 0.1) is 5.82 Å². The van der Waals surface area contributed by atoms with Crippen molar-refractivity contribution in [2.75, 3.05) is 25.2 Å². The summed E-state index contributed by atoms with van der Waals surface area (Å²) >= 11 is 0. The summed E-state index contributed by atoms with van der Waals surface area (Å²) in [7, 11) is -0.472. The van der Waals surface area contributed by atoms with Crippen LogP contribution in [0.3, 0.4) is 0 Å². The summed E-state index contributed by atoms with van der Waals surface area (Å²) in [5.74, 6) is 0.451. The second kappa shape index (κ2) is 9.82. The van der Waals surface area contributed by atoms with Gasteiger partial charge in [0.2, 0.25) is 0 Å². The van der Waals surface area contributed by atoms with E-state index in [-0.39, 0.29) is 29.6 Å². The fourth-order valence-corrected chi connectivity index (χ4v) is 5.72. The van der Waals surface area contributed by atoms with E-state index in [1.807, 2.05) is 6.07 Å². The molecule has 0 amide bonds. The molecule has 0 aliphatic carbocycles. The number of nitrogens with zero attached hydrogens (tertiary/aromatic N) is 4. The van der Waals surface area contributed by atoms with Gasteiger partial charge in [-0.15, -0.1) is 0 Å². The highest BCUT2D eigenvalue weighted by Gasteiger charge is 2.44. The van der Waals surface area contributed by atoms with E-state index < -0.39 is 14.3 Å². The number of carbonyl (C=O) groups excluding carboxylic acids is 1. The topological polar surface area (TPSA) is 78.2 Å². The third kappa shape index (κ3) is 4.97. The third-order valence-electron chi connectivity index (χ3n) is 7.22. The Balaban J connectivity index is 1.77. The van der Waals surface area contributed by atoms with Crippen molar-refractivity contribution < 1.29 is 23.1 Å². The second-order valence-electron chi connectivity index (χ2n) is 10.6. The van der Waals surface area contributed by atoms with E-state index in [0.717, 1.165) is 5.56 Å². The highest BCUT2D eigenvalue weighted by atomic mass is 28.4. The molecule has 2 aromatic heterocycles.